The highest BCUT2D eigenvalue weighted by Gasteiger charge is 2.39. The molecule has 0 saturated heterocycles. The molecule has 0 aliphatic heterocycles. The van der Waals surface area contributed by atoms with Crippen molar-refractivity contribution in [2.45, 2.75) is 45.6 Å². The topological polar surface area (TPSA) is 35.8 Å². The van der Waals surface area contributed by atoms with Gasteiger partial charge in [-0.2, -0.15) is 5.26 Å². The summed E-state index contributed by atoms with van der Waals surface area (Å²) in [6, 6.07) is 11.9. The van der Waals surface area contributed by atoms with Crippen molar-refractivity contribution in [1.82, 2.24) is 5.32 Å². The van der Waals surface area contributed by atoms with Crippen LogP contribution in [0.3, 0.4) is 0 Å². The van der Waals surface area contributed by atoms with Crippen LogP contribution in [0.1, 0.15) is 37.8 Å². The summed E-state index contributed by atoms with van der Waals surface area (Å²) in [5.74, 6) is 1.50. The van der Waals surface area contributed by atoms with Crippen molar-refractivity contribution < 1.29 is 0 Å². The number of nitriles is 1. The van der Waals surface area contributed by atoms with E-state index in [1.54, 1.807) is 11.1 Å². The average molecular weight is 268 g/mol. The molecule has 0 spiro atoms. The van der Waals surface area contributed by atoms with Gasteiger partial charge in [-0.05, 0) is 62.5 Å². The Bertz CT molecular complexity index is 493. The molecule has 1 saturated carbocycles. The van der Waals surface area contributed by atoms with Crippen LogP contribution in [-0.2, 0) is 12.8 Å². The van der Waals surface area contributed by atoms with Gasteiger partial charge in [0.15, 0.2) is 0 Å². The Hall–Kier alpha value is -1.33. The van der Waals surface area contributed by atoms with E-state index in [1.807, 2.05) is 13.8 Å². The lowest BCUT2D eigenvalue weighted by Crippen LogP contribution is -2.42. The van der Waals surface area contributed by atoms with Crippen LogP contribution < -0.4 is 5.32 Å². The average Bonchev–Trinajstić information content (AvgIpc) is 2.71. The van der Waals surface area contributed by atoms with E-state index in [-0.39, 0.29) is 5.41 Å². The molecule has 0 aromatic heterocycles. The minimum Gasteiger partial charge on any atom is -0.312 e. The van der Waals surface area contributed by atoms with Gasteiger partial charge in [-0.15, -0.1) is 0 Å². The lowest BCUT2D eigenvalue weighted by molar-refractivity contribution is 0.306. The number of benzene rings is 1. The number of hydrogen-bond donors (Lipinski definition) is 1. The zero-order valence-corrected chi connectivity index (χ0v) is 12.5. The smallest absolute Gasteiger partial charge is 0.0697 e. The number of nitrogens with zero attached hydrogens (tertiary/aromatic N) is 1. The van der Waals surface area contributed by atoms with Crippen LogP contribution in [0.5, 0.6) is 0 Å². The summed E-state index contributed by atoms with van der Waals surface area (Å²) >= 11 is 0. The van der Waals surface area contributed by atoms with Crippen LogP contribution in [0.25, 0.3) is 0 Å². The van der Waals surface area contributed by atoms with Crippen LogP contribution in [0.15, 0.2) is 24.3 Å². The van der Waals surface area contributed by atoms with Crippen molar-refractivity contribution in [1.29, 1.82) is 5.26 Å². The second-order valence-electron chi connectivity index (χ2n) is 7.18. The Morgan fingerprint density at radius 1 is 1.15 bits per heavy atom. The molecule has 106 valence electrons. The molecule has 1 aromatic rings. The summed E-state index contributed by atoms with van der Waals surface area (Å²) in [4.78, 5) is 0. The summed E-state index contributed by atoms with van der Waals surface area (Å²) in [6.45, 7) is 4.85. The first-order chi connectivity index (χ1) is 9.59. The molecule has 2 atom stereocenters. The fourth-order valence-electron chi connectivity index (χ4n) is 3.90. The maximum Gasteiger partial charge on any atom is 0.0697 e. The molecule has 0 radical (unpaired) electrons. The first-order valence-corrected chi connectivity index (χ1v) is 7.80. The zero-order chi connectivity index (χ0) is 14.2. The van der Waals surface area contributed by atoms with Gasteiger partial charge in [0, 0.05) is 12.6 Å². The van der Waals surface area contributed by atoms with Crippen molar-refractivity contribution in [2.75, 3.05) is 6.54 Å². The van der Waals surface area contributed by atoms with Gasteiger partial charge in [0.25, 0.3) is 0 Å². The van der Waals surface area contributed by atoms with E-state index < -0.39 is 0 Å². The van der Waals surface area contributed by atoms with E-state index in [0.29, 0.717) is 6.04 Å². The predicted octanol–water partition coefficient (Wildman–Crippen LogP) is 3.32. The fourth-order valence-corrected chi connectivity index (χ4v) is 3.90. The number of fused-ring (bicyclic) bond motifs is 3. The van der Waals surface area contributed by atoms with E-state index in [2.05, 4.69) is 35.7 Å². The van der Waals surface area contributed by atoms with Crippen LogP contribution in [-0.4, -0.2) is 12.6 Å². The summed E-state index contributed by atoms with van der Waals surface area (Å²) in [5.41, 5.74) is 2.83. The minimum absolute atomic E-state index is 0.265. The number of nitrogens with one attached hydrogen (secondary N) is 1. The van der Waals surface area contributed by atoms with Gasteiger partial charge in [0.05, 0.1) is 11.5 Å². The maximum atomic E-state index is 9.18. The largest absolute Gasteiger partial charge is 0.312 e. The monoisotopic (exact) mass is 268 g/mol. The van der Waals surface area contributed by atoms with Crippen LogP contribution in [0.2, 0.25) is 0 Å². The van der Waals surface area contributed by atoms with Gasteiger partial charge in [-0.25, -0.2) is 0 Å². The normalized spacial score (nSPS) is 28.6. The van der Waals surface area contributed by atoms with Crippen LogP contribution >= 0.6 is 0 Å². The van der Waals surface area contributed by atoms with Gasteiger partial charge in [-0.3, -0.25) is 0 Å². The Balaban J connectivity index is 1.75. The molecule has 2 nitrogen and oxygen atoms in total. The van der Waals surface area contributed by atoms with Crippen LogP contribution in [0, 0.1) is 28.6 Å². The summed E-state index contributed by atoms with van der Waals surface area (Å²) in [6.07, 6.45) is 5.09. The van der Waals surface area contributed by atoms with E-state index in [1.165, 1.54) is 25.7 Å². The van der Waals surface area contributed by atoms with Crippen molar-refractivity contribution in [3.05, 3.63) is 35.4 Å². The van der Waals surface area contributed by atoms with Crippen molar-refractivity contribution >= 4 is 0 Å². The lowest BCUT2D eigenvalue weighted by atomic mass is 9.91. The third-order valence-corrected chi connectivity index (χ3v) is 5.09. The van der Waals surface area contributed by atoms with E-state index in [9.17, 15) is 5.26 Å². The maximum absolute atomic E-state index is 9.18. The van der Waals surface area contributed by atoms with Gasteiger partial charge >= 0.3 is 0 Å². The molecule has 2 bridgehead atoms. The first kappa shape index (κ1) is 13.6. The van der Waals surface area contributed by atoms with Gasteiger partial charge in [0.2, 0.25) is 0 Å². The quantitative estimate of drug-likeness (QED) is 0.913. The number of hydrogen-bond acceptors (Lipinski definition) is 2. The second kappa shape index (κ2) is 5.22. The molecule has 0 amide bonds. The molecule has 2 heteroatoms. The van der Waals surface area contributed by atoms with Crippen molar-refractivity contribution in [3.8, 4) is 6.07 Å². The summed E-state index contributed by atoms with van der Waals surface area (Å²) < 4.78 is 0. The van der Waals surface area contributed by atoms with Gasteiger partial charge < -0.3 is 5.32 Å². The van der Waals surface area contributed by atoms with Crippen molar-refractivity contribution in [2.24, 2.45) is 17.3 Å². The standard InChI is InChI=1S/C18H24N2/c1-18(2,11-19)12-20-17-15-7-8-16(17)10-14-6-4-3-5-13(14)9-15/h3-6,15-17,20H,7-10,12H2,1-2H3. The molecular formula is C18H24N2. The first-order valence-electron chi connectivity index (χ1n) is 7.80. The molecule has 1 N–H and O–H groups in total. The molecule has 1 fully saturated rings. The fraction of sp³-hybridized carbons (Fsp3) is 0.611. The summed E-state index contributed by atoms with van der Waals surface area (Å²) in [7, 11) is 0. The highest BCUT2D eigenvalue weighted by molar-refractivity contribution is 5.30. The molecule has 20 heavy (non-hydrogen) atoms. The van der Waals surface area contributed by atoms with Crippen LogP contribution in [0.4, 0.5) is 0 Å². The van der Waals surface area contributed by atoms with E-state index in [0.717, 1.165) is 18.4 Å². The molecule has 3 rings (SSSR count). The van der Waals surface area contributed by atoms with Gasteiger partial charge in [-0.1, -0.05) is 24.3 Å². The van der Waals surface area contributed by atoms with E-state index >= 15 is 0 Å². The highest BCUT2D eigenvalue weighted by Crippen LogP contribution is 2.40. The van der Waals surface area contributed by atoms with Gasteiger partial charge in [0.1, 0.15) is 0 Å². The predicted molar refractivity (Wildman–Crippen MR) is 81.2 cm³/mol. The number of rotatable bonds is 3. The Kier molecular flexibility index (Phi) is 3.56. The van der Waals surface area contributed by atoms with Crippen molar-refractivity contribution in [3.63, 3.8) is 0 Å². The molecule has 2 unspecified atom stereocenters. The molecular weight excluding hydrogens is 244 g/mol. The second-order valence-corrected chi connectivity index (χ2v) is 7.18. The molecule has 1 aromatic carbocycles. The zero-order valence-electron chi connectivity index (χ0n) is 12.5. The third-order valence-electron chi connectivity index (χ3n) is 5.09. The third kappa shape index (κ3) is 2.60. The minimum atomic E-state index is -0.265. The Morgan fingerprint density at radius 2 is 1.70 bits per heavy atom. The molecule has 2 aliphatic rings. The lowest BCUT2D eigenvalue weighted by Gasteiger charge is -2.27. The summed E-state index contributed by atoms with van der Waals surface area (Å²) in [5, 5.41) is 12.9. The SMILES string of the molecule is CC(C)(C#N)CNC1C2CCC1Cc1ccccc1C2. The Labute approximate surface area is 122 Å². The molecule has 2 aliphatic carbocycles. The molecule has 0 heterocycles. The van der Waals surface area contributed by atoms with E-state index in [4.69, 9.17) is 0 Å². The Morgan fingerprint density at radius 3 is 2.20 bits per heavy atom. The highest BCUT2D eigenvalue weighted by atomic mass is 14.9.